The molecule has 2 aromatic heterocycles. The smallest absolute Gasteiger partial charge is 0.157 e. The van der Waals surface area contributed by atoms with Gasteiger partial charge < -0.3 is 4.90 Å². The summed E-state index contributed by atoms with van der Waals surface area (Å²) in [4.78, 5) is 9.72. The maximum absolute atomic E-state index is 10.1. The fourth-order valence-electron chi connectivity index (χ4n) is 5.01. The molecule has 5 heteroatoms. The first-order chi connectivity index (χ1) is 15.1. The Bertz CT molecular complexity index is 1300. The van der Waals surface area contributed by atoms with Gasteiger partial charge in [0.15, 0.2) is 5.65 Å². The quantitative estimate of drug-likeness (QED) is 0.488. The molecule has 1 unspecified atom stereocenters. The van der Waals surface area contributed by atoms with Crippen LogP contribution in [0.5, 0.6) is 0 Å². The molecule has 156 valence electrons. The number of nitriles is 1. The maximum Gasteiger partial charge on any atom is 0.157 e. The summed E-state index contributed by atoms with van der Waals surface area (Å²) in [6.07, 6.45) is 3.40. The molecule has 0 amide bonds. The first-order valence-corrected chi connectivity index (χ1v) is 10.9. The molecule has 1 aliphatic rings. The van der Waals surface area contributed by atoms with Crippen molar-refractivity contribution in [1.82, 2.24) is 14.3 Å². The zero-order valence-corrected chi connectivity index (χ0v) is 18.3. The molecule has 1 fully saturated rings. The van der Waals surface area contributed by atoms with E-state index >= 15 is 0 Å². The van der Waals surface area contributed by atoms with Crippen LogP contribution in [0.3, 0.4) is 0 Å². The van der Waals surface area contributed by atoms with Crippen LogP contribution >= 0.6 is 0 Å². The molecule has 1 saturated heterocycles. The van der Waals surface area contributed by atoms with Crippen LogP contribution in [0.4, 0.5) is 5.82 Å². The fraction of sp³-hybridized carbons (Fsp3) is 0.308. The molecule has 5 rings (SSSR count). The second-order valence-corrected chi connectivity index (χ2v) is 8.62. The number of hydrogen-bond donors (Lipinski definition) is 0. The third kappa shape index (κ3) is 3.15. The summed E-state index contributed by atoms with van der Waals surface area (Å²) in [6, 6.07) is 21.2. The Balaban J connectivity index is 1.88. The molecule has 1 aliphatic heterocycles. The van der Waals surface area contributed by atoms with Gasteiger partial charge in [0, 0.05) is 18.5 Å². The monoisotopic (exact) mass is 409 g/mol. The molecule has 0 saturated carbocycles. The van der Waals surface area contributed by atoms with E-state index in [1.165, 1.54) is 16.9 Å². The van der Waals surface area contributed by atoms with Gasteiger partial charge in [-0.05, 0) is 57.1 Å². The van der Waals surface area contributed by atoms with Crippen LogP contribution < -0.4 is 4.90 Å². The molecule has 0 aliphatic carbocycles. The van der Waals surface area contributed by atoms with E-state index < -0.39 is 0 Å². The highest BCUT2D eigenvalue weighted by molar-refractivity contribution is 5.86. The third-order valence-electron chi connectivity index (χ3n) is 6.52. The molecule has 4 aromatic rings. The first-order valence-electron chi connectivity index (χ1n) is 10.9. The lowest BCUT2D eigenvalue weighted by atomic mass is 9.97. The Morgan fingerprint density at radius 2 is 1.84 bits per heavy atom. The number of fused-ring (bicyclic) bond motifs is 3. The lowest BCUT2D eigenvalue weighted by molar-refractivity contribution is 0.300. The molecular formula is C26H27N5. The molecule has 0 spiro atoms. The molecule has 0 N–H and O–H groups in total. The predicted molar refractivity (Wildman–Crippen MR) is 125 cm³/mol. The van der Waals surface area contributed by atoms with E-state index in [0.29, 0.717) is 11.7 Å². The Labute approximate surface area is 183 Å². The van der Waals surface area contributed by atoms with Crippen LogP contribution in [0.2, 0.25) is 0 Å². The van der Waals surface area contributed by atoms with Gasteiger partial charge in [-0.1, -0.05) is 42.5 Å². The minimum absolute atomic E-state index is 0.325. The number of pyridine rings is 1. The van der Waals surface area contributed by atoms with Crippen LogP contribution in [-0.4, -0.2) is 41.1 Å². The topological polar surface area (TPSA) is 47.6 Å². The zero-order valence-electron chi connectivity index (χ0n) is 18.3. The summed E-state index contributed by atoms with van der Waals surface area (Å²) >= 11 is 0. The van der Waals surface area contributed by atoms with Crippen molar-refractivity contribution in [3.8, 4) is 6.07 Å². The molecular weight excluding hydrogens is 382 g/mol. The van der Waals surface area contributed by atoms with Gasteiger partial charge in [-0.15, -0.1) is 0 Å². The van der Waals surface area contributed by atoms with Gasteiger partial charge >= 0.3 is 0 Å². The Morgan fingerprint density at radius 3 is 2.58 bits per heavy atom. The Morgan fingerprint density at radius 1 is 1.10 bits per heavy atom. The summed E-state index contributed by atoms with van der Waals surface area (Å²) in [6.45, 7) is 3.08. The van der Waals surface area contributed by atoms with Crippen LogP contribution in [0.25, 0.3) is 16.7 Å². The molecule has 0 radical (unpaired) electrons. The molecule has 1 atom stereocenters. The van der Waals surface area contributed by atoms with E-state index in [9.17, 15) is 5.26 Å². The van der Waals surface area contributed by atoms with Crippen molar-refractivity contribution in [2.45, 2.75) is 32.4 Å². The van der Waals surface area contributed by atoms with Gasteiger partial charge in [0.25, 0.3) is 0 Å². The summed E-state index contributed by atoms with van der Waals surface area (Å²) < 4.78 is 2.24. The second-order valence-electron chi connectivity index (χ2n) is 8.62. The highest BCUT2D eigenvalue weighted by atomic mass is 15.4. The standard InChI is InChI=1S/C26H27N5/c1-18-20(16-19-10-5-4-6-11-19)26(30-15-9-14-24(30)29(2)3)31-23-13-8-7-12-22(23)28-25(31)21(18)17-27/h4-8,10-13,24H,9,14-16H2,1-3H3. The summed E-state index contributed by atoms with van der Waals surface area (Å²) in [5.41, 5.74) is 6.92. The number of para-hydroxylation sites is 2. The van der Waals surface area contributed by atoms with Crippen molar-refractivity contribution in [3.05, 3.63) is 76.9 Å². The van der Waals surface area contributed by atoms with Crippen LogP contribution in [0, 0.1) is 18.3 Å². The van der Waals surface area contributed by atoms with Crippen LogP contribution in [-0.2, 0) is 6.42 Å². The summed E-state index contributed by atoms with van der Waals surface area (Å²) in [7, 11) is 4.30. The number of benzene rings is 2. The van der Waals surface area contributed by atoms with Gasteiger partial charge in [0.1, 0.15) is 11.9 Å². The van der Waals surface area contributed by atoms with E-state index in [1.807, 2.05) is 18.2 Å². The van der Waals surface area contributed by atoms with Crippen LogP contribution in [0.1, 0.15) is 35.1 Å². The SMILES string of the molecule is Cc1c(Cc2ccccc2)c(N2CCCC2N(C)C)n2c(nc3ccccc32)c1C#N. The fourth-order valence-corrected chi connectivity index (χ4v) is 5.01. The number of rotatable bonds is 4. The van der Waals surface area contributed by atoms with Gasteiger partial charge in [-0.2, -0.15) is 5.26 Å². The van der Waals surface area contributed by atoms with E-state index in [-0.39, 0.29) is 0 Å². The normalized spacial score (nSPS) is 16.5. The number of hydrogen-bond acceptors (Lipinski definition) is 4. The molecule has 2 aromatic carbocycles. The molecule has 0 bridgehead atoms. The third-order valence-corrected chi connectivity index (χ3v) is 6.52. The van der Waals surface area contributed by atoms with Gasteiger partial charge in [0.2, 0.25) is 0 Å². The number of nitrogens with zero attached hydrogens (tertiary/aromatic N) is 5. The second kappa shape index (κ2) is 7.72. The lowest BCUT2D eigenvalue weighted by Crippen LogP contribution is -2.42. The number of imidazole rings is 1. The maximum atomic E-state index is 10.1. The number of anilines is 1. The van der Waals surface area contributed by atoms with E-state index in [4.69, 9.17) is 4.98 Å². The zero-order chi connectivity index (χ0) is 21.5. The minimum atomic E-state index is 0.325. The highest BCUT2D eigenvalue weighted by Crippen LogP contribution is 2.37. The van der Waals surface area contributed by atoms with Crippen molar-refractivity contribution in [2.75, 3.05) is 25.5 Å². The van der Waals surface area contributed by atoms with Gasteiger partial charge in [-0.3, -0.25) is 9.30 Å². The Kier molecular flexibility index (Phi) is 4.88. The van der Waals surface area contributed by atoms with E-state index in [0.717, 1.165) is 48.1 Å². The van der Waals surface area contributed by atoms with Gasteiger partial charge in [-0.25, -0.2) is 4.98 Å². The highest BCUT2D eigenvalue weighted by Gasteiger charge is 2.32. The Hall–Kier alpha value is -3.36. The van der Waals surface area contributed by atoms with Crippen molar-refractivity contribution < 1.29 is 0 Å². The summed E-state index contributed by atoms with van der Waals surface area (Å²) in [5, 5.41) is 10.1. The molecule has 3 heterocycles. The van der Waals surface area contributed by atoms with E-state index in [2.05, 4.69) is 77.7 Å². The molecule has 31 heavy (non-hydrogen) atoms. The van der Waals surface area contributed by atoms with Crippen molar-refractivity contribution in [3.63, 3.8) is 0 Å². The average molecular weight is 410 g/mol. The first kappa shape index (κ1) is 19.6. The van der Waals surface area contributed by atoms with E-state index in [1.54, 1.807) is 0 Å². The lowest BCUT2D eigenvalue weighted by Gasteiger charge is -2.34. The minimum Gasteiger partial charge on any atom is -0.342 e. The number of aromatic nitrogens is 2. The summed E-state index contributed by atoms with van der Waals surface area (Å²) in [5.74, 6) is 1.18. The predicted octanol–water partition coefficient (Wildman–Crippen LogP) is 4.75. The average Bonchev–Trinajstić information content (AvgIpc) is 3.40. The van der Waals surface area contributed by atoms with Gasteiger partial charge in [0.05, 0.1) is 22.8 Å². The van der Waals surface area contributed by atoms with Crippen molar-refractivity contribution >= 4 is 22.5 Å². The molecule has 5 nitrogen and oxygen atoms in total. The van der Waals surface area contributed by atoms with Crippen molar-refractivity contribution in [1.29, 1.82) is 5.26 Å². The van der Waals surface area contributed by atoms with Crippen molar-refractivity contribution in [2.24, 2.45) is 0 Å². The largest absolute Gasteiger partial charge is 0.342 e. The van der Waals surface area contributed by atoms with Crippen LogP contribution in [0.15, 0.2) is 54.6 Å².